The highest BCUT2D eigenvalue weighted by atomic mass is 16.6. The van der Waals surface area contributed by atoms with Crippen molar-refractivity contribution in [2.75, 3.05) is 6.61 Å². The Labute approximate surface area is 127 Å². The lowest BCUT2D eigenvalue weighted by atomic mass is 10.1. The summed E-state index contributed by atoms with van der Waals surface area (Å²) in [5.74, 6) is 0.692. The van der Waals surface area contributed by atoms with E-state index in [1.54, 1.807) is 24.9 Å². The standard InChI is InChI=1S/C16H15N4O2/c1-2-22-16(21)20-8-7-18-15(20)13-5-3-4-6-14(13)19-11-17-9-12(19)10-20/h3-9,11H,2,10H2,1H3/q+1. The van der Waals surface area contributed by atoms with Crippen molar-refractivity contribution in [2.45, 2.75) is 13.5 Å². The fourth-order valence-corrected chi connectivity index (χ4v) is 3.04. The van der Waals surface area contributed by atoms with Crippen LogP contribution in [0.15, 0.2) is 54.2 Å². The summed E-state index contributed by atoms with van der Waals surface area (Å²) in [5, 5.41) is 0. The third kappa shape index (κ3) is 1.61. The zero-order valence-electron chi connectivity index (χ0n) is 12.1. The first kappa shape index (κ1) is 13.0. The van der Waals surface area contributed by atoms with E-state index in [2.05, 4.69) is 9.98 Å². The third-order valence-electron chi connectivity index (χ3n) is 4.02. The van der Waals surface area contributed by atoms with Gasteiger partial charge < -0.3 is 4.74 Å². The van der Waals surface area contributed by atoms with Gasteiger partial charge in [0, 0.05) is 0 Å². The summed E-state index contributed by atoms with van der Waals surface area (Å²) in [4.78, 5) is 21.4. The SMILES string of the molecule is CCOC(=O)[N+]12C=CN=C1c1ccccc1-n1cncc1C2. The van der Waals surface area contributed by atoms with Crippen LogP contribution in [0.4, 0.5) is 4.79 Å². The molecule has 2 aromatic rings. The molecule has 0 saturated heterocycles. The summed E-state index contributed by atoms with van der Waals surface area (Å²) in [6, 6.07) is 7.90. The molecule has 22 heavy (non-hydrogen) atoms. The Balaban J connectivity index is 1.99. The Morgan fingerprint density at radius 2 is 2.27 bits per heavy atom. The fourth-order valence-electron chi connectivity index (χ4n) is 3.04. The van der Waals surface area contributed by atoms with Crippen LogP contribution < -0.4 is 0 Å². The molecule has 1 amide bonds. The number of aromatic nitrogens is 2. The Morgan fingerprint density at radius 3 is 3.14 bits per heavy atom. The highest BCUT2D eigenvalue weighted by Crippen LogP contribution is 2.33. The third-order valence-corrected chi connectivity index (χ3v) is 4.02. The molecule has 2 aliphatic rings. The van der Waals surface area contributed by atoms with E-state index in [1.165, 1.54) is 0 Å². The van der Waals surface area contributed by atoms with Gasteiger partial charge in [0.15, 0.2) is 0 Å². The minimum absolute atomic E-state index is 0.0590. The molecule has 1 unspecified atom stereocenters. The first-order valence-corrected chi connectivity index (χ1v) is 7.18. The maximum atomic E-state index is 12.7. The lowest BCUT2D eigenvalue weighted by Gasteiger charge is -2.26. The molecule has 1 aromatic heterocycles. The molecule has 1 atom stereocenters. The van der Waals surface area contributed by atoms with Gasteiger partial charge in [-0.2, -0.15) is 9.79 Å². The van der Waals surface area contributed by atoms with Crippen LogP contribution >= 0.6 is 0 Å². The van der Waals surface area contributed by atoms with E-state index >= 15 is 0 Å². The Morgan fingerprint density at radius 1 is 1.41 bits per heavy atom. The fraction of sp³-hybridized carbons (Fsp3) is 0.188. The molecule has 0 fully saturated rings. The molecule has 3 heterocycles. The minimum Gasteiger partial charge on any atom is -0.420 e. The number of amides is 1. The Kier molecular flexibility index (Phi) is 2.74. The second-order valence-corrected chi connectivity index (χ2v) is 5.25. The molecule has 0 N–H and O–H groups in total. The van der Waals surface area contributed by atoms with Crippen LogP contribution in [-0.2, 0) is 11.3 Å². The minimum atomic E-state index is -0.320. The van der Waals surface area contributed by atoms with Gasteiger partial charge >= 0.3 is 6.09 Å². The Bertz CT molecular complexity index is 821. The van der Waals surface area contributed by atoms with Crippen LogP contribution in [0.1, 0.15) is 18.2 Å². The number of quaternary nitrogens is 1. The van der Waals surface area contributed by atoms with Crippen molar-refractivity contribution >= 4 is 11.9 Å². The molecule has 0 bridgehead atoms. The molecule has 0 radical (unpaired) electrons. The molecular weight excluding hydrogens is 280 g/mol. The smallest absolute Gasteiger partial charge is 0.420 e. The van der Waals surface area contributed by atoms with Crippen LogP contribution in [0.3, 0.4) is 0 Å². The van der Waals surface area contributed by atoms with Crippen LogP contribution in [0.25, 0.3) is 5.69 Å². The van der Waals surface area contributed by atoms with Gasteiger partial charge in [-0.3, -0.25) is 4.57 Å². The van der Waals surface area contributed by atoms with Gasteiger partial charge in [-0.1, -0.05) is 12.1 Å². The molecule has 1 aromatic carbocycles. The van der Waals surface area contributed by atoms with Crippen LogP contribution in [0.2, 0.25) is 0 Å². The highest BCUT2D eigenvalue weighted by Gasteiger charge is 2.49. The van der Waals surface area contributed by atoms with E-state index in [1.807, 2.05) is 35.8 Å². The summed E-state index contributed by atoms with van der Waals surface area (Å²) in [6.07, 6.45) is 6.69. The van der Waals surface area contributed by atoms with Gasteiger partial charge in [-0.05, 0) is 19.1 Å². The van der Waals surface area contributed by atoms with E-state index in [-0.39, 0.29) is 10.6 Å². The summed E-state index contributed by atoms with van der Waals surface area (Å²) < 4.78 is 7.26. The van der Waals surface area contributed by atoms with Crippen molar-refractivity contribution in [1.82, 2.24) is 9.55 Å². The van der Waals surface area contributed by atoms with Crippen molar-refractivity contribution in [3.05, 3.63) is 60.4 Å². The normalized spacial score (nSPS) is 21.4. The van der Waals surface area contributed by atoms with E-state index in [0.29, 0.717) is 19.0 Å². The molecule has 110 valence electrons. The number of carbonyl (C=O) groups excluding carboxylic acids is 1. The molecule has 0 aliphatic carbocycles. The van der Waals surface area contributed by atoms with E-state index < -0.39 is 0 Å². The van der Waals surface area contributed by atoms with Gasteiger partial charge in [-0.25, -0.2) is 4.98 Å². The number of amidine groups is 1. The number of para-hydroxylation sites is 1. The lowest BCUT2D eigenvalue weighted by Crippen LogP contribution is -2.50. The molecule has 6 nitrogen and oxygen atoms in total. The topological polar surface area (TPSA) is 56.5 Å². The van der Waals surface area contributed by atoms with Gasteiger partial charge in [0.2, 0.25) is 0 Å². The average Bonchev–Trinajstić information content (AvgIpc) is 3.14. The zero-order chi connectivity index (χ0) is 15.2. The van der Waals surface area contributed by atoms with E-state index in [9.17, 15) is 4.79 Å². The van der Waals surface area contributed by atoms with Crippen molar-refractivity contribution in [1.29, 1.82) is 0 Å². The van der Waals surface area contributed by atoms with Gasteiger partial charge in [0.1, 0.15) is 12.7 Å². The number of fused-ring (bicyclic) bond motifs is 5. The van der Waals surface area contributed by atoms with Crippen molar-refractivity contribution in [3.63, 3.8) is 0 Å². The molecular formula is C16H15N4O2+. The van der Waals surface area contributed by atoms with Crippen LogP contribution in [0, 0.1) is 0 Å². The number of hydrogen-bond acceptors (Lipinski definition) is 4. The molecule has 0 saturated carbocycles. The predicted octanol–water partition coefficient (Wildman–Crippen LogP) is 2.59. The van der Waals surface area contributed by atoms with Gasteiger partial charge in [-0.15, -0.1) is 4.48 Å². The Hall–Kier alpha value is -2.73. The molecule has 6 heteroatoms. The number of hydrogen-bond donors (Lipinski definition) is 0. The molecule has 4 rings (SSSR count). The van der Waals surface area contributed by atoms with E-state index in [0.717, 1.165) is 16.9 Å². The number of rotatable bonds is 1. The van der Waals surface area contributed by atoms with Crippen LogP contribution in [-0.4, -0.2) is 32.6 Å². The molecule has 2 aliphatic heterocycles. The highest BCUT2D eigenvalue weighted by molar-refractivity contribution is 6.03. The second kappa shape index (κ2) is 4.64. The van der Waals surface area contributed by atoms with Crippen molar-refractivity contribution in [3.8, 4) is 5.69 Å². The quantitative estimate of drug-likeness (QED) is 0.760. The first-order valence-electron chi connectivity index (χ1n) is 7.18. The van der Waals surface area contributed by atoms with Crippen molar-refractivity contribution < 1.29 is 14.0 Å². The number of nitrogens with zero attached hydrogens (tertiary/aromatic N) is 4. The predicted molar refractivity (Wildman–Crippen MR) is 80.2 cm³/mol. The zero-order valence-corrected chi connectivity index (χ0v) is 12.1. The maximum absolute atomic E-state index is 12.7. The molecule has 0 spiro atoms. The number of carbonyl (C=O) groups is 1. The number of imidazole rings is 1. The van der Waals surface area contributed by atoms with Gasteiger partial charge in [0.05, 0.1) is 42.3 Å². The number of benzene rings is 1. The summed E-state index contributed by atoms with van der Waals surface area (Å²) >= 11 is 0. The lowest BCUT2D eigenvalue weighted by molar-refractivity contribution is -0.723. The second-order valence-electron chi connectivity index (χ2n) is 5.25. The van der Waals surface area contributed by atoms with Gasteiger partial charge in [0.25, 0.3) is 5.84 Å². The average molecular weight is 295 g/mol. The van der Waals surface area contributed by atoms with Crippen LogP contribution in [0.5, 0.6) is 0 Å². The van der Waals surface area contributed by atoms with E-state index in [4.69, 9.17) is 4.74 Å². The first-order chi connectivity index (χ1) is 10.8. The number of ether oxygens (including phenoxy) is 1. The largest absolute Gasteiger partial charge is 0.527 e. The maximum Gasteiger partial charge on any atom is 0.527 e. The van der Waals surface area contributed by atoms with Crippen molar-refractivity contribution in [2.24, 2.45) is 4.99 Å². The number of aliphatic imine (C=N–C) groups is 1. The monoisotopic (exact) mass is 295 g/mol. The summed E-state index contributed by atoms with van der Waals surface area (Å²) in [7, 11) is 0. The summed E-state index contributed by atoms with van der Waals surface area (Å²) in [5.41, 5.74) is 2.83. The summed E-state index contributed by atoms with van der Waals surface area (Å²) in [6.45, 7) is 2.58.